The van der Waals surface area contributed by atoms with Crippen LogP contribution in [0, 0.1) is 0 Å². The van der Waals surface area contributed by atoms with Crippen molar-refractivity contribution in [1.82, 2.24) is 29.3 Å². The maximum absolute atomic E-state index is 12.4. The van der Waals surface area contributed by atoms with Crippen molar-refractivity contribution in [1.29, 1.82) is 0 Å². The van der Waals surface area contributed by atoms with Crippen LogP contribution in [0.25, 0.3) is 16.7 Å². The molecule has 8 heteroatoms. The first kappa shape index (κ1) is 12.5. The van der Waals surface area contributed by atoms with E-state index in [0.29, 0.717) is 17.0 Å². The summed E-state index contributed by atoms with van der Waals surface area (Å²) >= 11 is 0. The largest absolute Gasteiger partial charge is 0.348 e. The lowest BCUT2D eigenvalue weighted by Gasteiger charge is -2.04. The van der Waals surface area contributed by atoms with Crippen LogP contribution in [0.15, 0.2) is 47.8 Å². The molecule has 0 saturated carbocycles. The van der Waals surface area contributed by atoms with E-state index in [9.17, 15) is 4.79 Å². The molecule has 0 aromatic carbocycles. The number of aromatic nitrogens is 6. The summed E-state index contributed by atoms with van der Waals surface area (Å²) in [5.41, 5.74) is 1.70. The quantitative estimate of drug-likeness (QED) is 0.534. The SMILES string of the molecule is Cn1cc(-n2ccc3nc(Nc4ccc[nH]4)[nH]c(=O)c32)cn1. The molecular weight excluding hydrogens is 282 g/mol. The Hall–Kier alpha value is -3.29. The third-order valence-electron chi connectivity index (χ3n) is 3.36. The minimum Gasteiger partial charge on any atom is -0.348 e. The zero-order chi connectivity index (χ0) is 15.1. The van der Waals surface area contributed by atoms with Crippen molar-refractivity contribution >= 4 is 22.8 Å². The number of hydrogen-bond acceptors (Lipinski definition) is 4. The molecule has 4 heterocycles. The van der Waals surface area contributed by atoms with Crippen LogP contribution in [-0.4, -0.2) is 29.3 Å². The number of nitrogens with one attached hydrogen (secondary N) is 3. The Morgan fingerprint density at radius 3 is 2.95 bits per heavy atom. The van der Waals surface area contributed by atoms with Crippen LogP contribution in [0.3, 0.4) is 0 Å². The molecule has 0 aliphatic rings. The molecule has 110 valence electrons. The zero-order valence-electron chi connectivity index (χ0n) is 11.7. The first-order valence-corrected chi connectivity index (χ1v) is 6.71. The van der Waals surface area contributed by atoms with Gasteiger partial charge in [0.1, 0.15) is 11.3 Å². The number of hydrogen-bond donors (Lipinski definition) is 3. The van der Waals surface area contributed by atoms with Gasteiger partial charge in [0.15, 0.2) is 0 Å². The number of aryl methyl sites for hydroxylation is 1. The lowest BCUT2D eigenvalue weighted by atomic mass is 10.4. The van der Waals surface area contributed by atoms with Gasteiger partial charge in [0.25, 0.3) is 5.56 Å². The van der Waals surface area contributed by atoms with Gasteiger partial charge in [-0.15, -0.1) is 0 Å². The minimum absolute atomic E-state index is 0.215. The summed E-state index contributed by atoms with van der Waals surface area (Å²) in [6.07, 6.45) is 7.13. The average Bonchev–Trinajstić information content (AvgIpc) is 3.19. The average molecular weight is 295 g/mol. The van der Waals surface area contributed by atoms with Gasteiger partial charge in [-0.2, -0.15) is 5.10 Å². The summed E-state index contributed by atoms with van der Waals surface area (Å²) in [7, 11) is 1.83. The van der Waals surface area contributed by atoms with Crippen LogP contribution in [-0.2, 0) is 7.05 Å². The molecular formula is C14H13N7O. The predicted molar refractivity (Wildman–Crippen MR) is 82.5 cm³/mol. The monoisotopic (exact) mass is 295 g/mol. The fourth-order valence-corrected chi connectivity index (χ4v) is 2.40. The second-order valence-electron chi connectivity index (χ2n) is 4.92. The van der Waals surface area contributed by atoms with E-state index in [4.69, 9.17) is 0 Å². The van der Waals surface area contributed by atoms with Gasteiger partial charge in [0.2, 0.25) is 5.95 Å². The third kappa shape index (κ3) is 1.97. The summed E-state index contributed by atoms with van der Waals surface area (Å²) in [5, 5.41) is 7.15. The molecule has 0 fully saturated rings. The Morgan fingerprint density at radius 2 is 2.23 bits per heavy atom. The standard InChI is InChI=1S/C14H13N7O/c1-20-8-9(7-16-20)21-6-4-10-12(21)13(22)19-14(17-10)18-11-3-2-5-15-11/h2-8,15H,1H3,(H2,17,18,19,22). The summed E-state index contributed by atoms with van der Waals surface area (Å²) in [4.78, 5) is 22.6. The van der Waals surface area contributed by atoms with E-state index in [-0.39, 0.29) is 5.56 Å². The first-order valence-electron chi connectivity index (χ1n) is 6.71. The topological polar surface area (TPSA) is 96.3 Å². The fourth-order valence-electron chi connectivity index (χ4n) is 2.40. The number of H-pyrrole nitrogens is 2. The number of anilines is 2. The molecule has 0 atom stereocenters. The van der Waals surface area contributed by atoms with E-state index in [1.165, 1.54) is 0 Å². The predicted octanol–water partition coefficient (Wildman–Crippen LogP) is 1.52. The zero-order valence-corrected chi connectivity index (χ0v) is 11.7. The number of rotatable bonds is 3. The number of nitrogens with zero attached hydrogens (tertiary/aromatic N) is 4. The number of fused-ring (bicyclic) bond motifs is 1. The maximum atomic E-state index is 12.4. The van der Waals surface area contributed by atoms with Crippen LogP contribution >= 0.6 is 0 Å². The maximum Gasteiger partial charge on any atom is 0.277 e. The smallest absolute Gasteiger partial charge is 0.277 e. The molecule has 0 unspecified atom stereocenters. The van der Waals surface area contributed by atoms with Crippen LogP contribution in [0.4, 0.5) is 11.8 Å². The van der Waals surface area contributed by atoms with Gasteiger partial charge in [0.05, 0.1) is 17.4 Å². The molecule has 4 rings (SSSR count). The van der Waals surface area contributed by atoms with Crippen LogP contribution < -0.4 is 10.9 Å². The lowest BCUT2D eigenvalue weighted by Crippen LogP contribution is -2.13. The number of aromatic amines is 2. The van der Waals surface area contributed by atoms with E-state index in [2.05, 4.69) is 25.4 Å². The van der Waals surface area contributed by atoms with Crippen LogP contribution in [0.5, 0.6) is 0 Å². The lowest BCUT2D eigenvalue weighted by molar-refractivity contribution is 0.767. The molecule has 8 nitrogen and oxygen atoms in total. The summed E-state index contributed by atoms with van der Waals surface area (Å²) in [6, 6.07) is 5.51. The third-order valence-corrected chi connectivity index (χ3v) is 3.36. The summed E-state index contributed by atoms with van der Waals surface area (Å²) in [6.45, 7) is 0. The van der Waals surface area contributed by atoms with Crippen molar-refractivity contribution < 1.29 is 0 Å². The molecule has 22 heavy (non-hydrogen) atoms. The molecule has 0 amide bonds. The van der Waals surface area contributed by atoms with E-state index >= 15 is 0 Å². The van der Waals surface area contributed by atoms with E-state index < -0.39 is 0 Å². The molecule has 4 aromatic rings. The van der Waals surface area contributed by atoms with Gasteiger partial charge in [-0.3, -0.25) is 14.5 Å². The van der Waals surface area contributed by atoms with Gasteiger partial charge in [0, 0.05) is 25.6 Å². The highest BCUT2D eigenvalue weighted by molar-refractivity contribution is 5.78. The highest BCUT2D eigenvalue weighted by Crippen LogP contribution is 2.17. The van der Waals surface area contributed by atoms with Crippen molar-refractivity contribution in [2.75, 3.05) is 5.32 Å². The Bertz CT molecular complexity index is 990. The van der Waals surface area contributed by atoms with E-state index in [1.54, 1.807) is 27.7 Å². The first-order chi connectivity index (χ1) is 10.7. The Morgan fingerprint density at radius 1 is 1.32 bits per heavy atom. The highest BCUT2D eigenvalue weighted by atomic mass is 16.1. The van der Waals surface area contributed by atoms with Crippen molar-refractivity contribution in [3.8, 4) is 5.69 Å². The van der Waals surface area contributed by atoms with Crippen LogP contribution in [0.2, 0.25) is 0 Å². The Labute approximate surface area is 124 Å². The normalized spacial score (nSPS) is 11.1. The van der Waals surface area contributed by atoms with Gasteiger partial charge in [-0.1, -0.05) is 0 Å². The van der Waals surface area contributed by atoms with E-state index in [1.807, 2.05) is 31.6 Å². The van der Waals surface area contributed by atoms with Crippen molar-refractivity contribution in [2.24, 2.45) is 7.05 Å². The highest BCUT2D eigenvalue weighted by Gasteiger charge is 2.11. The molecule has 0 aliphatic heterocycles. The molecule has 0 bridgehead atoms. The van der Waals surface area contributed by atoms with Crippen molar-refractivity contribution in [3.63, 3.8) is 0 Å². The molecule has 0 saturated heterocycles. The van der Waals surface area contributed by atoms with Gasteiger partial charge in [-0.05, 0) is 18.2 Å². The van der Waals surface area contributed by atoms with Gasteiger partial charge < -0.3 is 14.9 Å². The summed E-state index contributed by atoms with van der Waals surface area (Å²) < 4.78 is 3.45. The molecule has 0 spiro atoms. The molecule has 0 aliphatic carbocycles. The Kier molecular flexibility index (Phi) is 2.62. The molecule has 4 aromatic heterocycles. The molecule has 0 radical (unpaired) electrons. The van der Waals surface area contributed by atoms with Crippen LogP contribution in [0.1, 0.15) is 0 Å². The molecule has 3 N–H and O–H groups in total. The fraction of sp³-hybridized carbons (Fsp3) is 0.0714. The second-order valence-corrected chi connectivity index (χ2v) is 4.92. The Balaban J connectivity index is 1.82. The van der Waals surface area contributed by atoms with Gasteiger partial charge >= 0.3 is 0 Å². The minimum atomic E-state index is -0.215. The van der Waals surface area contributed by atoms with Crippen molar-refractivity contribution in [3.05, 3.63) is 53.3 Å². The van der Waals surface area contributed by atoms with Crippen molar-refractivity contribution in [2.45, 2.75) is 0 Å². The summed E-state index contributed by atoms with van der Waals surface area (Å²) in [5.74, 6) is 1.15. The van der Waals surface area contributed by atoms with E-state index in [0.717, 1.165) is 11.5 Å². The van der Waals surface area contributed by atoms with Gasteiger partial charge in [-0.25, -0.2) is 4.98 Å². The second kappa shape index (κ2) is 4.62.